The zero-order valence-electron chi connectivity index (χ0n) is 15.0. The predicted molar refractivity (Wildman–Crippen MR) is 97.7 cm³/mol. The minimum absolute atomic E-state index is 0.0681. The molecule has 26 heavy (non-hydrogen) atoms. The van der Waals surface area contributed by atoms with Crippen LogP contribution < -0.4 is 10.1 Å². The fraction of sp³-hybridized carbons (Fsp3) is 0.350. The van der Waals surface area contributed by atoms with Crippen molar-refractivity contribution in [3.8, 4) is 5.75 Å². The maximum atomic E-state index is 12.8. The molecule has 1 aliphatic rings. The van der Waals surface area contributed by atoms with Gasteiger partial charge in [0.05, 0.1) is 19.2 Å². The molecule has 6 heteroatoms. The van der Waals surface area contributed by atoms with Crippen LogP contribution in [0.3, 0.4) is 0 Å². The Hall–Kier alpha value is -2.89. The molecule has 0 spiro atoms. The first-order valence-corrected chi connectivity index (χ1v) is 8.70. The average Bonchev–Trinajstić information content (AvgIpc) is 3.06. The lowest BCUT2D eigenvalue weighted by atomic mass is 10.1. The van der Waals surface area contributed by atoms with Crippen LogP contribution in [-0.2, 0) is 16.0 Å². The molecule has 0 aliphatic carbocycles. The van der Waals surface area contributed by atoms with E-state index in [0.29, 0.717) is 18.7 Å². The van der Waals surface area contributed by atoms with Crippen molar-refractivity contribution in [3.05, 3.63) is 59.9 Å². The first-order chi connectivity index (χ1) is 12.6. The Balaban J connectivity index is 1.72. The van der Waals surface area contributed by atoms with Gasteiger partial charge in [-0.15, -0.1) is 0 Å². The van der Waals surface area contributed by atoms with E-state index in [-0.39, 0.29) is 24.3 Å². The van der Waals surface area contributed by atoms with E-state index in [1.54, 1.807) is 30.4 Å². The zero-order valence-corrected chi connectivity index (χ0v) is 15.0. The second kappa shape index (κ2) is 7.99. The maximum absolute atomic E-state index is 12.8. The van der Waals surface area contributed by atoms with E-state index in [0.717, 1.165) is 11.1 Å². The molecule has 6 nitrogen and oxygen atoms in total. The Bertz CT molecular complexity index is 779. The number of nitrogens with one attached hydrogen (secondary N) is 1. The van der Waals surface area contributed by atoms with Gasteiger partial charge in [-0.3, -0.25) is 14.6 Å². The van der Waals surface area contributed by atoms with E-state index in [1.807, 2.05) is 37.3 Å². The normalized spacial score (nSPS) is 19.2. The zero-order chi connectivity index (χ0) is 18.5. The van der Waals surface area contributed by atoms with Crippen molar-refractivity contribution in [2.75, 3.05) is 13.6 Å². The minimum atomic E-state index is -0.515. The van der Waals surface area contributed by atoms with E-state index >= 15 is 0 Å². The van der Waals surface area contributed by atoms with E-state index in [1.165, 1.54) is 0 Å². The molecule has 2 heterocycles. The summed E-state index contributed by atoms with van der Waals surface area (Å²) in [6.45, 7) is 2.38. The van der Waals surface area contributed by atoms with Gasteiger partial charge in [0, 0.05) is 19.7 Å². The monoisotopic (exact) mass is 353 g/mol. The maximum Gasteiger partial charge on any atom is 0.242 e. The molecule has 2 atom stereocenters. The van der Waals surface area contributed by atoms with Crippen LogP contribution in [0.2, 0.25) is 0 Å². The first kappa shape index (κ1) is 17.9. The molecule has 0 unspecified atom stereocenters. The number of aryl methyl sites for hydroxylation is 1. The summed E-state index contributed by atoms with van der Waals surface area (Å²) in [4.78, 5) is 30.8. The van der Waals surface area contributed by atoms with Crippen LogP contribution in [0.1, 0.15) is 17.5 Å². The Kier molecular flexibility index (Phi) is 5.51. The van der Waals surface area contributed by atoms with Crippen molar-refractivity contribution < 1.29 is 14.3 Å². The van der Waals surface area contributed by atoms with Crippen LogP contribution in [0.15, 0.2) is 48.8 Å². The third-order valence-corrected chi connectivity index (χ3v) is 4.51. The Morgan fingerprint density at radius 1 is 1.31 bits per heavy atom. The first-order valence-electron chi connectivity index (χ1n) is 8.70. The van der Waals surface area contributed by atoms with Crippen LogP contribution in [0.25, 0.3) is 0 Å². The fourth-order valence-corrected chi connectivity index (χ4v) is 3.28. The minimum Gasteiger partial charge on any atom is -0.487 e. The molecule has 0 bridgehead atoms. The molecule has 2 amide bonds. The van der Waals surface area contributed by atoms with Gasteiger partial charge in [0.25, 0.3) is 0 Å². The molecular formula is C20H23N3O3. The van der Waals surface area contributed by atoms with Gasteiger partial charge in [0.15, 0.2) is 0 Å². The van der Waals surface area contributed by atoms with Crippen LogP contribution in [0.4, 0.5) is 0 Å². The van der Waals surface area contributed by atoms with Gasteiger partial charge < -0.3 is 15.0 Å². The topological polar surface area (TPSA) is 71.5 Å². The second-order valence-corrected chi connectivity index (χ2v) is 6.51. The Labute approximate surface area is 153 Å². The number of nitrogens with zero attached hydrogens (tertiary/aromatic N) is 2. The van der Waals surface area contributed by atoms with Gasteiger partial charge in [-0.2, -0.15) is 0 Å². The number of likely N-dealkylation sites (tertiary alicyclic amines) is 1. The number of likely N-dealkylation sites (N-methyl/N-ethyl adjacent to an activating group) is 1. The van der Waals surface area contributed by atoms with Gasteiger partial charge >= 0.3 is 0 Å². The summed E-state index contributed by atoms with van der Waals surface area (Å²) in [6, 6.07) is 11.0. The van der Waals surface area contributed by atoms with Crippen molar-refractivity contribution >= 4 is 11.8 Å². The number of hydrogen-bond acceptors (Lipinski definition) is 4. The van der Waals surface area contributed by atoms with Crippen molar-refractivity contribution in [2.24, 2.45) is 0 Å². The van der Waals surface area contributed by atoms with Crippen LogP contribution in [0, 0.1) is 6.92 Å². The van der Waals surface area contributed by atoms with Gasteiger partial charge in [0.2, 0.25) is 11.8 Å². The number of ether oxygens (including phenoxy) is 1. The van der Waals surface area contributed by atoms with E-state index in [4.69, 9.17) is 4.74 Å². The number of aromatic nitrogens is 1. The highest BCUT2D eigenvalue weighted by molar-refractivity contribution is 5.89. The highest BCUT2D eigenvalue weighted by Gasteiger charge is 2.40. The summed E-state index contributed by atoms with van der Waals surface area (Å²) >= 11 is 0. The summed E-state index contributed by atoms with van der Waals surface area (Å²) < 4.78 is 5.91. The van der Waals surface area contributed by atoms with E-state index < -0.39 is 6.04 Å². The SMILES string of the molecule is CNC(=O)[C@H]1C[C@H](Oc2cccnc2)CN1C(=O)Cc1cccc(C)c1. The second-order valence-electron chi connectivity index (χ2n) is 6.51. The molecule has 0 radical (unpaired) electrons. The smallest absolute Gasteiger partial charge is 0.242 e. The lowest BCUT2D eigenvalue weighted by Crippen LogP contribution is -2.45. The third-order valence-electron chi connectivity index (χ3n) is 4.51. The fourth-order valence-electron chi connectivity index (χ4n) is 3.28. The molecule has 0 saturated carbocycles. The molecule has 1 saturated heterocycles. The molecule has 1 fully saturated rings. The van der Waals surface area contributed by atoms with Gasteiger partial charge in [-0.1, -0.05) is 29.8 Å². The Morgan fingerprint density at radius 3 is 2.85 bits per heavy atom. The lowest BCUT2D eigenvalue weighted by Gasteiger charge is -2.23. The summed E-state index contributed by atoms with van der Waals surface area (Å²) in [5.74, 6) is 0.405. The van der Waals surface area contributed by atoms with Gasteiger partial charge in [0.1, 0.15) is 17.9 Å². The van der Waals surface area contributed by atoms with Crippen LogP contribution >= 0.6 is 0 Å². The number of pyridine rings is 1. The summed E-state index contributed by atoms with van der Waals surface area (Å²) in [5, 5.41) is 2.65. The van der Waals surface area contributed by atoms with Crippen LogP contribution in [0.5, 0.6) is 5.75 Å². The third kappa shape index (κ3) is 4.20. The number of hydrogen-bond donors (Lipinski definition) is 1. The number of benzene rings is 1. The number of carbonyl (C=O) groups is 2. The molecular weight excluding hydrogens is 330 g/mol. The molecule has 2 aromatic rings. The van der Waals surface area contributed by atoms with Gasteiger partial charge in [-0.05, 0) is 24.6 Å². The highest BCUT2D eigenvalue weighted by atomic mass is 16.5. The van der Waals surface area contributed by atoms with Crippen molar-refractivity contribution in [2.45, 2.75) is 31.9 Å². The molecule has 1 N–H and O–H groups in total. The largest absolute Gasteiger partial charge is 0.487 e. The van der Waals surface area contributed by atoms with Crippen molar-refractivity contribution in [1.29, 1.82) is 0 Å². The quantitative estimate of drug-likeness (QED) is 0.889. The number of amides is 2. The average molecular weight is 353 g/mol. The summed E-state index contributed by atoms with van der Waals surface area (Å²) in [5.41, 5.74) is 2.06. The van der Waals surface area contributed by atoms with Crippen molar-refractivity contribution in [3.63, 3.8) is 0 Å². The van der Waals surface area contributed by atoms with E-state index in [2.05, 4.69) is 10.3 Å². The standard InChI is InChI=1S/C20H23N3O3/c1-14-5-3-6-15(9-14)10-19(24)23-13-17(11-18(23)20(25)21-2)26-16-7-4-8-22-12-16/h3-9,12,17-18H,10-11,13H2,1-2H3,(H,21,25)/t17-,18+/m0/s1. The number of carbonyl (C=O) groups excluding carboxylic acids is 2. The van der Waals surface area contributed by atoms with Crippen molar-refractivity contribution in [1.82, 2.24) is 15.2 Å². The molecule has 136 valence electrons. The molecule has 3 rings (SSSR count). The molecule has 1 aromatic carbocycles. The summed E-state index contributed by atoms with van der Waals surface area (Å²) in [6.07, 6.45) is 3.81. The molecule has 1 aliphatic heterocycles. The van der Waals surface area contributed by atoms with E-state index in [9.17, 15) is 9.59 Å². The highest BCUT2D eigenvalue weighted by Crippen LogP contribution is 2.24. The lowest BCUT2D eigenvalue weighted by molar-refractivity contribution is -0.137. The molecule has 1 aromatic heterocycles. The summed E-state index contributed by atoms with van der Waals surface area (Å²) in [7, 11) is 1.58. The van der Waals surface area contributed by atoms with Crippen LogP contribution in [-0.4, -0.2) is 47.4 Å². The number of rotatable bonds is 5. The van der Waals surface area contributed by atoms with Gasteiger partial charge in [-0.25, -0.2) is 0 Å². The predicted octanol–water partition coefficient (Wildman–Crippen LogP) is 1.73. The Morgan fingerprint density at radius 2 is 2.15 bits per heavy atom.